The maximum absolute atomic E-state index is 12.2. The van der Waals surface area contributed by atoms with Crippen molar-refractivity contribution in [2.75, 3.05) is 5.43 Å². The molecule has 0 spiro atoms. The molecule has 1 N–H and O–H groups in total. The third kappa shape index (κ3) is 3.28. The molecule has 6 heteroatoms. The highest BCUT2D eigenvalue weighted by atomic mass is 16.2. The Morgan fingerprint density at radius 3 is 2.72 bits per heavy atom. The van der Waals surface area contributed by atoms with Crippen molar-refractivity contribution in [1.29, 1.82) is 0 Å². The third-order valence-electron chi connectivity index (χ3n) is 4.00. The van der Waals surface area contributed by atoms with E-state index in [4.69, 9.17) is 0 Å². The molecule has 2 aromatic carbocycles. The van der Waals surface area contributed by atoms with E-state index in [0.717, 1.165) is 22.3 Å². The highest BCUT2D eigenvalue weighted by Crippen LogP contribution is 2.11. The summed E-state index contributed by atoms with van der Waals surface area (Å²) in [6, 6.07) is 17.6. The predicted molar refractivity (Wildman–Crippen MR) is 96.0 cm³/mol. The van der Waals surface area contributed by atoms with E-state index in [9.17, 15) is 4.79 Å². The first kappa shape index (κ1) is 15.1. The molecule has 0 radical (unpaired) electrons. The Balaban J connectivity index is 1.38. The van der Waals surface area contributed by atoms with Crippen LogP contribution in [0.3, 0.4) is 0 Å². The summed E-state index contributed by atoms with van der Waals surface area (Å²) < 4.78 is 3.47. The zero-order valence-corrected chi connectivity index (χ0v) is 13.5. The number of nitrogens with zero attached hydrogens (tertiary/aromatic N) is 4. The van der Waals surface area contributed by atoms with Gasteiger partial charge in [-0.15, -0.1) is 0 Å². The van der Waals surface area contributed by atoms with Crippen LogP contribution in [-0.2, 0) is 11.2 Å². The summed E-state index contributed by atoms with van der Waals surface area (Å²) in [5.74, 6) is -0.0596. The number of imidazole rings is 1. The molecule has 4 rings (SSSR count). The lowest BCUT2D eigenvalue weighted by Crippen LogP contribution is -2.22. The Hall–Kier alpha value is -3.41. The monoisotopic (exact) mass is 331 g/mol. The minimum absolute atomic E-state index is 0.0596. The summed E-state index contributed by atoms with van der Waals surface area (Å²) in [4.78, 5) is 16.5. The highest BCUT2D eigenvalue weighted by Gasteiger charge is 2.08. The van der Waals surface area contributed by atoms with Crippen LogP contribution in [-0.4, -0.2) is 25.3 Å². The molecule has 0 fully saturated rings. The van der Waals surface area contributed by atoms with Crippen molar-refractivity contribution in [2.24, 2.45) is 0 Å². The van der Waals surface area contributed by atoms with Gasteiger partial charge in [-0.1, -0.05) is 30.3 Å². The van der Waals surface area contributed by atoms with Gasteiger partial charge in [-0.25, -0.2) is 14.3 Å². The van der Waals surface area contributed by atoms with Crippen LogP contribution < -0.4 is 5.43 Å². The van der Waals surface area contributed by atoms with E-state index in [0.29, 0.717) is 12.8 Å². The van der Waals surface area contributed by atoms with E-state index in [-0.39, 0.29) is 5.91 Å². The quantitative estimate of drug-likeness (QED) is 0.611. The molecule has 0 aliphatic carbocycles. The normalized spacial score (nSPS) is 10.9. The van der Waals surface area contributed by atoms with Crippen molar-refractivity contribution in [1.82, 2.24) is 19.4 Å². The molecule has 25 heavy (non-hydrogen) atoms. The van der Waals surface area contributed by atoms with Crippen LogP contribution in [0, 0.1) is 0 Å². The van der Waals surface area contributed by atoms with Gasteiger partial charge in [0.2, 0.25) is 5.91 Å². The van der Waals surface area contributed by atoms with Gasteiger partial charge in [-0.05, 0) is 36.2 Å². The van der Waals surface area contributed by atoms with Gasteiger partial charge >= 0.3 is 0 Å². The number of aromatic nitrogens is 4. The van der Waals surface area contributed by atoms with Crippen molar-refractivity contribution >= 4 is 16.9 Å². The number of aryl methyl sites for hydroxylation is 1. The van der Waals surface area contributed by atoms with Crippen molar-refractivity contribution in [3.05, 3.63) is 78.9 Å². The van der Waals surface area contributed by atoms with Crippen LogP contribution in [0.5, 0.6) is 0 Å². The number of benzene rings is 2. The van der Waals surface area contributed by atoms with Crippen molar-refractivity contribution in [3.8, 4) is 5.69 Å². The number of fused-ring (bicyclic) bond motifs is 1. The molecule has 0 saturated heterocycles. The van der Waals surface area contributed by atoms with Gasteiger partial charge in [0.1, 0.15) is 6.33 Å². The lowest BCUT2D eigenvalue weighted by molar-refractivity contribution is -0.117. The Morgan fingerprint density at radius 1 is 1.04 bits per heavy atom. The zero-order valence-electron chi connectivity index (χ0n) is 13.5. The highest BCUT2D eigenvalue weighted by molar-refractivity contribution is 5.86. The number of rotatable bonds is 5. The molecule has 2 aromatic heterocycles. The van der Waals surface area contributed by atoms with Crippen molar-refractivity contribution < 1.29 is 4.79 Å². The Morgan fingerprint density at radius 2 is 1.84 bits per heavy atom. The number of para-hydroxylation sites is 3. The fraction of sp³-hybridized carbons (Fsp3) is 0.105. The second-order valence-electron chi connectivity index (χ2n) is 5.77. The summed E-state index contributed by atoms with van der Waals surface area (Å²) in [7, 11) is 0. The van der Waals surface area contributed by atoms with Gasteiger partial charge < -0.3 is 0 Å². The lowest BCUT2D eigenvalue weighted by atomic mass is 10.2. The molecule has 0 saturated carbocycles. The number of hydrogen-bond acceptors (Lipinski definition) is 3. The van der Waals surface area contributed by atoms with Crippen LogP contribution in [0.15, 0.2) is 73.3 Å². The molecule has 6 nitrogen and oxygen atoms in total. The fourth-order valence-electron chi connectivity index (χ4n) is 2.71. The molecule has 0 atom stereocenters. The molecule has 1 amide bonds. The van der Waals surface area contributed by atoms with Crippen LogP contribution in [0.25, 0.3) is 16.7 Å². The zero-order chi connectivity index (χ0) is 17.1. The van der Waals surface area contributed by atoms with Crippen molar-refractivity contribution in [2.45, 2.75) is 12.8 Å². The largest absolute Gasteiger partial charge is 0.273 e. The first-order valence-corrected chi connectivity index (χ1v) is 8.10. The van der Waals surface area contributed by atoms with Crippen molar-refractivity contribution in [3.63, 3.8) is 0 Å². The Bertz CT molecular complexity index is 1000. The summed E-state index contributed by atoms with van der Waals surface area (Å²) in [5, 5.41) is 4.35. The van der Waals surface area contributed by atoms with Gasteiger partial charge in [0.15, 0.2) is 0 Å². The minimum Gasteiger partial charge on any atom is -0.273 e. The molecule has 0 bridgehead atoms. The first-order valence-electron chi connectivity index (χ1n) is 8.10. The SMILES string of the molecule is O=C(CCc1cnn(-c2ccccc2)c1)Nn1cnc2ccccc21. The molecule has 2 heterocycles. The maximum atomic E-state index is 12.2. The Kier molecular flexibility index (Phi) is 4.00. The van der Waals surface area contributed by atoms with E-state index in [1.165, 1.54) is 0 Å². The maximum Gasteiger partial charge on any atom is 0.239 e. The number of carbonyl (C=O) groups is 1. The Labute approximate surface area is 144 Å². The molecule has 124 valence electrons. The number of hydrogen-bond donors (Lipinski definition) is 1. The van der Waals surface area contributed by atoms with Crippen LogP contribution >= 0.6 is 0 Å². The van der Waals surface area contributed by atoms with Gasteiger partial charge in [0.25, 0.3) is 0 Å². The number of amides is 1. The van der Waals surface area contributed by atoms with Gasteiger partial charge in [-0.2, -0.15) is 5.10 Å². The summed E-state index contributed by atoms with van der Waals surface area (Å²) >= 11 is 0. The van der Waals surface area contributed by atoms with Gasteiger partial charge in [0, 0.05) is 12.6 Å². The van der Waals surface area contributed by atoms with E-state index in [1.54, 1.807) is 17.2 Å². The standard InChI is InChI=1S/C19H17N5O/c25-19(22-24-14-20-17-8-4-5-9-18(17)24)11-10-15-12-21-23(13-15)16-6-2-1-3-7-16/h1-9,12-14H,10-11H2,(H,22,25). The molecular formula is C19H17N5O. The van der Waals surface area contributed by atoms with Gasteiger partial charge in [-0.3, -0.25) is 10.2 Å². The van der Waals surface area contributed by atoms with E-state index < -0.39 is 0 Å². The second kappa shape index (κ2) is 6.60. The molecule has 0 unspecified atom stereocenters. The predicted octanol–water partition coefficient (Wildman–Crippen LogP) is 2.92. The fourth-order valence-corrected chi connectivity index (χ4v) is 2.71. The summed E-state index contributed by atoms with van der Waals surface area (Å²) in [5.41, 5.74) is 6.62. The molecule has 4 aromatic rings. The van der Waals surface area contributed by atoms with E-state index >= 15 is 0 Å². The number of nitrogens with one attached hydrogen (secondary N) is 1. The van der Waals surface area contributed by atoms with Crippen LogP contribution in [0.4, 0.5) is 0 Å². The summed E-state index contributed by atoms with van der Waals surface area (Å²) in [6.45, 7) is 0. The van der Waals surface area contributed by atoms with Gasteiger partial charge in [0.05, 0.1) is 22.9 Å². The number of carbonyl (C=O) groups excluding carboxylic acids is 1. The van der Waals surface area contributed by atoms with E-state index in [2.05, 4.69) is 15.5 Å². The first-order chi connectivity index (χ1) is 12.3. The lowest BCUT2D eigenvalue weighted by Gasteiger charge is -2.06. The summed E-state index contributed by atoms with van der Waals surface area (Å²) in [6.07, 6.45) is 6.39. The minimum atomic E-state index is -0.0596. The van der Waals surface area contributed by atoms with Crippen LogP contribution in [0.1, 0.15) is 12.0 Å². The smallest absolute Gasteiger partial charge is 0.239 e. The molecular weight excluding hydrogens is 314 g/mol. The topological polar surface area (TPSA) is 64.7 Å². The molecule has 0 aliphatic heterocycles. The third-order valence-corrected chi connectivity index (χ3v) is 4.00. The molecule has 0 aliphatic rings. The second-order valence-corrected chi connectivity index (χ2v) is 5.77. The average molecular weight is 331 g/mol. The average Bonchev–Trinajstić information content (AvgIpc) is 3.28. The van der Waals surface area contributed by atoms with Crippen LogP contribution in [0.2, 0.25) is 0 Å². The van der Waals surface area contributed by atoms with E-state index in [1.807, 2.05) is 65.5 Å².